The highest BCUT2D eigenvalue weighted by Gasteiger charge is 2.25. The molecule has 0 aliphatic carbocycles. The number of halogens is 1. The number of hydrogen-bond acceptors (Lipinski definition) is 4. The second-order valence-electron chi connectivity index (χ2n) is 8.00. The number of nitrogens with zero attached hydrogens (tertiary/aromatic N) is 5. The lowest BCUT2D eigenvalue weighted by molar-refractivity contribution is -0.132. The van der Waals surface area contributed by atoms with Crippen LogP contribution in [0, 0.1) is 20.8 Å². The second-order valence-corrected chi connectivity index (χ2v) is 8.43. The molecule has 3 heterocycles. The summed E-state index contributed by atoms with van der Waals surface area (Å²) in [5, 5.41) is 5.11. The van der Waals surface area contributed by atoms with E-state index in [0.717, 1.165) is 28.3 Å². The number of aromatic nitrogens is 3. The molecule has 4 rings (SSSR count). The van der Waals surface area contributed by atoms with E-state index in [-0.39, 0.29) is 11.8 Å². The van der Waals surface area contributed by atoms with Crippen LogP contribution in [0.2, 0.25) is 5.02 Å². The molecule has 1 aliphatic rings. The highest BCUT2D eigenvalue weighted by Crippen LogP contribution is 2.18. The molecule has 0 N–H and O–H groups in total. The smallest absolute Gasteiger partial charge is 0.253 e. The summed E-state index contributed by atoms with van der Waals surface area (Å²) in [7, 11) is 0. The minimum absolute atomic E-state index is 0.0242. The lowest BCUT2D eigenvalue weighted by atomic mass is 10.1. The number of rotatable bonds is 4. The molecule has 2 aromatic heterocycles. The first kappa shape index (κ1) is 21.3. The molecule has 2 amide bonds. The average Bonchev–Trinajstić information content (AvgIpc) is 3.14. The van der Waals surface area contributed by atoms with Crippen LogP contribution in [0.25, 0.3) is 5.65 Å². The molecule has 3 aromatic rings. The minimum atomic E-state index is -0.0242. The third kappa shape index (κ3) is 4.42. The Hall–Kier alpha value is -2.93. The Bertz CT molecular complexity index is 1130. The molecule has 0 atom stereocenters. The number of fused-ring (bicyclic) bond motifs is 1. The molecule has 162 valence electrons. The Morgan fingerprint density at radius 2 is 1.65 bits per heavy atom. The van der Waals surface area contributed by atoms with Gasteiger partial charge in [-0.3, -0.25) is 9.59 Å². The molecular weight excluding hydrogens is 414 g/mol. The Balaban J connectivity index is 1.35. The zero-order valence-electron chi connectivity index (χ0n) is 18.1. The van der Waals surface area contributed by atoms with Gasteiger partial charge in [0.2, 0.25) is 5.91 Å². The van der Waals surface area contributed by atoms with E-state index in [4.69, 9.17) is 11.6 Å². The minimum Gasteiger partial charge on any atom is -0.339 e. The van der Waals surface area contributed by atoms with Crippen LogP contribution in [-0.4, -0.2) is 62.4 Å². The summed E-state index contributed by atoms with van der Waals surface area (Å²) in [5.74, 6) is 0.0815. The predicted molar refractivity (Wildman–Crippen MR) is 119 cm³/mol. The summed E-state index contributed by atoms with van der Waals surface area (Å²) in [5.41, 5.74) is 5.42. The number of benzene rings is 1. The van der Waals surface area contributed by atoms with Crippen molar-refractivity contribution in [3.8, 4) is 0 Å². The maximum atomic E-state index is 12.8. The van der Waals surface area contributed by atoms with E-state index >= 15 is 0 Å². The number of aryl methyl sites for hydroxylation is 3. The molecule has 1 aliphatic heterocycles. The van der Waals surface area contributed by atoms with Crippen LogP contribution < -0.4 is 0 Å². The maximum absolute atomic E-state index is 12.8. The molecule has 1 fully saturated rings. The largest absolute Gasteiger partial charge is 0.339 e. The third-order valence-corrected chi connectivity index (χ3v) is 6.14. The van der Waals surface area contributed by atoms with Crippen molar-refractivity contribution in [3.05, 3.63) is 63.6 Å². The van der Waals surface area contributed by atoms with E-state index < -0.39 is 0 Å². The van der Waals surface area contributed by atoms with Crippen molar-refractivity contribution in [2.45, 2.75) is 33.6 Å². The van der Waals surface area contributed by atoms with Gasteiger partial charge in [-0.25, -0.2) is 9.50 Å². The van der Waals surface area contributed by atoms with Gasteiger partial charge in [0.05, 0.1) is 5.69 Å². The van der Waals surface area contributed by atoms with Crippen LogP contribution in [-0.2, 0) is 11.2 Å². The van der Waals surface area contributed by atoms with E-state index in [1.807, 2.05) is 36.3 Å². The lowest BCUT2D eigenvalue weighted by Gasteiger charge is -2.35. The van der Waals surface area contributed by atoms with Gasteiger partial charge >= 0.3 is 0 Å². The van der Waals surface area contributed by atoms with Crippen molar-refractivity contribution in [1.82, 2.24) is 24.4 Å². The van der Waals surface area contributed by atoms with Gasteiger partial charge in [0, 0.05) is 60.6 Å². The predicted octanol–water partition coefficient (Wildman–Crippen LogP) is 3.23. The quantitative estimate of drug-likeness (QED) is 0.625. The Morgan fingerprint density at radius 1 is 1.00 bits per heavy atom. The molecule has 1 aromatic carbocycles. The fourth-order valence-corrected chi connectivity index (χ4v) is 4.25. The highest BCUT2D eigenvalue weighted by molar-refractivity contribution is 6.30. The first-order valence-electron chi connectivity index (χ1n) is 10.5. The van der Waals surface area contributed by atoms with Crippen LogP contribution in [0.5, 0.6) is 0 Å². The summed E-state index contributed by atoms with van der Waals surface area (Å²) in [4.78, 5) is 33.7. The van der Waals surface area contributed by atoms with Crippen LogP contribution in [0.1, 0.15) is 39.4 Å². The number of hydrogen-bond donors (Lipinski definition) is 0. The zero-order chi connectivity index (χ0) is 22.1. The van der Waals surface area contributed by atoms with Crippen molar-refractivity contribution in [3.63, 3.8) is 0 Å². The second kappa shape index (κ2) is 8.67. The SMILES string of the molecule is Cc1cc2nc(C)c(CCC(=O)N3CCN(C(=O)c4ccc(Cl)cc4)CC3)c(C)n2n1. The van der Waals surface area contributed by atoms with Gasteiger partial charge in [-0.05, 0) is 57.0 Å². The molecule has 7 nitrogen and oxygen atoms in total. The van der Waals surface area contributed by atoms with Crippen LogP contribution in [0.3, 0.4) is 0 Å². The summed E-state index contributed by atoms with van der Waals surface area (Å²) in [6.07, 6.45) is 1.04. The normalized spacial score (nSPS) is 14.3. The van der Waals surface area contributed by atoms with E-state index in [2.05, 4.69) is 10.1 Å². The molecule has 31 heavy (non-hydrogen) atoms. The van der Waals surface area contributed by atoms with Crippen molar-refractivity contribution < 1.29 is 9.59 Å². The van der Waals surface area contributed by atoms with Gasteiger partial charge in [-0.1, -0.05) is 11.6 Å². The third-order valence-electron chi connectivity index (χ3n) is 5.89. The number of carbonyl (C=O) groups excluding carboxylic acids is 2. The highest BCUT2D eigenvalue weighted by atomic mass is 35.5. The molecule has 0 radical (unpaired) electrons. The van der Waals surface area contributed by atoms with Crippen LogP contribution in [0.4, 0.5) is 0 Å². The summed E-state index contributed by atoms with van der Waals surface area (Å²) in [6, 6.07) is 8.86. The first-order valence-corrected chi connectivity index (χ1v) is 10.9. The first-order chi connectivity index (χ1) is 14.8. The molecule has 0 saturated carbocycles. The van der Waals surface area contributed by atoms with Crippen molar-refractivity contribution >= 4 is 29.1 Å². The molecule has 8 heteroatoms. The van der Waals surface area contributed by atoms with Crippen molar-refractivity contribution in [2.24, 2.45) is 0 Å². The Labute approximate surface area is 186 Å². The molecule has 0 unspecified atom stereocenters. The molecular formula is C23H26ClN5O2. The fraction of sp³-hybridized carbons (Fsp3) is 0.391. The Morgan fingerprint density at radius 3 is 2.32 bits per heavy atom. The monoisotopic (exact) mass is 439 g/mol. The van der Waals surface area contributed by atoms with Crippen molar-refractivity contribution in [2.75, 3.05) is 26.2 Å². The van der Waals surface area contributed by atoms with E-state index in [1.54, 1.807) is 29.2 Å². The molecule has 0 bridgehead atoms. The van der Waals surface area contributed by atoms with Crippen LogP contribution in [0.15, 0.2) is 30.3 Å². The lowest BCUT2D eigenvalue weighted by Crippen LogP contribution is -2.50. The molecule has 1 saturated heterocycles. The Kier molecular flexibility index (Phi) is 5.96. The van der Waals surface area contributed by atoms with Gasteiger partial charge in [-0.2, -0.15) is 5.10 Å². The number of carbonyl (C=O) groups is 2. The van der Waals surface area contributed by atoms with Crippen LogP contribution >= 0.6 is 11.6 Å². The summed E-state index contributed by atoms with van der Waals surface area (Å²) >= 11 is 5.90. The average molecular weight is 440 g/mol. The van der Waals surface area contributed by atoms with Gasteiger partial charge in [0.15, 0.2) is 5.65 Å². The summed E-state index contributed by atoms with van der Waals surface area (Å²) in [6.45, 7) is 8.11. The van der Waals surface area contributed by atoms with Crippen molar-refractivity contribution in [1.29, 1.82) is 0 Å². The van der Waals surface area contributed by atoms with Gasteiger partial charge < -0.3 is 9.80 Å². The zero-order valence-corrected chi connectivity index (χ0v) is 18.8. The van der Waals surface area contributed by atoms with E-state index in [0.29, 0.717) is 49.6 Å². The standard InChI is InChI=1S/C23H26ClN5O2/c1-15-14-21-25-16(2)20(17(3)29(21)26-15)8-9-22(30)27-10-12-28(13-11-27)23(31)18-4-6-19(24)7-5-18/h4-7,14H,8-13H2,1-3H3. The van der Waals surface area contributed by atoms with E-state index in [1.165, 1.54) is 0 Å². The maximum Gasteiger partial charge on any atom is 0.253 e. The molecule has 0 spiro atoms. The van der Waals surface area contributed by atoms with Gasteiger partial charge in [-0.15, -0.1) is 0 Å². The number of amides is 2. The number of piperazine rings is 1. The topological polar surface area (TPSA) is 70.8 Å². The van der Waals surface area contributed by atoms with E-state index in [9.17, 15) is 9.59 Å². The summed E-state index contributed by atoms with van der Waals surface area (Å²) < 4.78 is 1.85. The van der Waals surface area contributed by atoms with Gasteiger partial charge in [0.25, 0.3) is 5.91 Å². The van der Waals surface area contributed by atoms with Gasteiger partial charge in [0.1, 0.15) is 0 Å². The fourth-order valence-electron chi connectivity index (χ4n) is 4.13.